The molecule has 0 aromatic rings. The molecule has 0 radical (unpaired) electrons. The van der Waals surface area contributed by atoms with Crippen LogP contribution < -0.4 is 0 Å². The fourth-order valence-corrected chi connectivity index (χ4v) is 5.70. The summed E-state index contributed by atoms with van der Waals surface area (Å²) in [4.78, 5) is 23.7. The van der Waals surface area contributed by atoms with Crippen molar-refractivity contribution >= 4 is 11.8 Å². The average molecular weight is 447 g/mol. The summed E-state index contributed by atoms with van der Waals surface area (Å²) in [6.45, 7) is 2.95. The van der Waals surface area contributed by atoms with Crippen molar-refractivity contribution < 1.29 is 23.8 Å². The number of esters is 1. The minimum Gasteiger partial charge on any atom is -0.469 e. The molecule has 6 atom stereocenters. The number of fused-ring (bicyclic) bond motifs is 1. The van der Waals surface area contributed by atoms with Gasteiger partial charge in [-0.2, -0.15) is 0 Å². The minimum absolute atomic E-state index is 0.0854. The van der Waals surface area contributed by atoms with E-state index < -0.39 is 0 Å². The van der Waals surface area contributed by atoms with Crippen molar-refractivity contribution in [2.24, 2.45) is 23.7 Å². The van der Waals surface area contributed by atoms with Crippen molar-refractivity contribution in [2.75, 3.05) is 13.7 Å². The van der Waals surface area contributed by atoms with E-state index in [1.54, 1.807) is 0 Å². The highest BCUT2D eigenvalue weighted by Crippen LogP contribution is 2.52. The van der Waals surface area contributed by atoms with E-state index in [2.05, 4.69) is 25.2 Å². The summed E-state index contributed by atoms with van der Waals surface area (Å²) < 4.78 is 17.0. The van der Waals surface area contributed by atoms with E-state index in [1.165, 1.54) is 20.0 Å². The highest BCUT2D eigenvalue weighted by molar-refractivity contribution is 5.89. The molecule has 2 aliphatic carbocycles. The van der Waals surface area contributed by atoms with E-state index in [0.29, 0.717) is 30.6 Å². The van der Waals surface area contributed by atoms with E-state index in [0.717, 1.165) is 58.0 Å². The third-order valence-corrected chi connectivity index (χ3v) is 7.39. The lowest BCUT2D eigenvalue weighted by molar-refractivity contribution is -0.193. The molecule has 1 saturated heterocycles. The molecule has 3 rings (SSSR count). The molecule has 3 aliphatic rings. The van der Waals surface area contributed by atoms with Crippen molar-refractivity contribution in [3.05, 3.63) is 24.3 Å². The van der Waals surface area contributed by atoms with Crippen molar-refractivity contribution in [3.63, 3.8) is 0 Å². The number of ether oxygens (including phenoxy) is 3. The zero-order valence-corrected chi connectivity index (χ0v) is 20.0. The Hall–Kier alpha value is -1.46. The highest BCUT2D eigenvalue weighted by atomic mass is 16.7. The lowest BCUT2D eigenvalue weighted by atomic mass is 9.89. The van der Waals surface area contributed by atoms with Crippen LogP contribution in [0.25, 0.3) is 0 Å². The van der Waals surface area contributed by atoms with Crippen LogP contribution in [0.5, 0.6) is 0 Å². The molecule has 0 aromatic heterocycles. The third-order valence-electron chi connectivity index (χ3n) is 7.39. The van der Waals surface area contributed by atoms with Gasteiger partial charge in [0, 0.05) is 25.4 Å². The van der Waals surface area contributed by atoms with Gasteiger partial charge in [-0.05, 0) is 75.2 Å². The molecule has 180 valence electrons. The standard InChI is InChI=1S/C27H42O5/c1-3-4-5-11-22(28)14-15-23-24-18-20(10-6-7-12-26(29)30-2)17-21(24)19-25(23)32-27-13-8-9-16-31-27/h6,10,14-15,20-21,23-25,27H,3-5,7-9,11-13,16-19H2,1-2H3/b10-6?,15-14+/t20?,21-,23-,24-,25+,27?/m0/s1. The van der Waals surface area contributed by atoms with E-state index in [4.69, 9.17) is 14.2 Å². The van der Waals surface area contributed by atoms with Crippen molar-refractivity contribution in [1.82, 2.24) is 0 Å². The molecular formula is C27H42O5. The molecule has 3 fully saturated rings. The molecule has 0 spiro atoms. The van der Waals surface area contributed by atoms with Crippen molar-refractivity contribution in [3.8, 4) is 0 Å². The Bertz CT molecular complexity index is 648. The molecule has 0 amide bonds. The van der Waals surface area contributed by atoms with Gasteiger partial charge >= 0.3 is 5.97 Å². The second kappa shape index (κ2) is 13.3. The van der Waals surface area contributed by atoms with Crippen LogP contribution in [0, 0.1) is 23.7 Å². The number of ketones is 1. The first-order chi connectivity index (χ1) is 15.6. The van der Waals surface area contributed by atoms with Gasteiger partial charge in [0.25, 0.3) is 0 Å². The highest BCUT2D eigenvalue weighted by Gasteiger charge is 2.48. The quantitative estimate of drug-likeness (QED) is 0.165. The SMILES string of the molecule is CCCCCC(=O)/C=C/[C@H]1[C@H]2CC(C=CCCC(=O)OC)C[C@H]2C[C@H]1OC1CCCCO1. The third kappa shape index (κ3) is 7.55. The van der Waals surface area contributed by atoms with E-state index >= 15 is 0 Å². The normalized spacial score (nSPS) is 32.6. The largest absolute Gasteiger partial charge is 0.469 e. The number of carbonyl (C=O) groups is 2. The van der Waals surface area contributed by atoms with E-state index in [-0.39, 0.29) is 30.1 Å². The van der Waals surface area contributed by atoms with Crippen LogP contribution in [0.1, 0.15) is 84.0 Å². The van der Waals surface area contributed by atoms with Crippen LogP contribution in [-0.4, -0.2) is 37.9 Å². The van der Waals surface area contributed by atoms with Gasteiger partial charge in [0.1, 0.15) is 0 Å². The van der Waals surface area contributed by atoms with Gasteiger partial charge in [0.2, 0.25) is 0 Å². The average Bonchev–Trinajstić information content (AvgIpc) is 3.33. The zero-order valence-electron chi connectivity index (χ0n) is 20.0. The summed E-state index contributed by atoms with van der Waals surface area (Å²) in [5, 5.41) is 0. The van der Waals surface area contributed by atoms with Crippen LogP contribution in [0.4, 0.5) is 0 Å². The van der Waals surface area contributed by atoms with Crippen molar-refractivity contribution in [1.29, 1.82) is 0 Å². The molecule has 1 heterocycles. The molecule has 2 unspecified atom stereocenters. The number of allylic oxidation sites excluding steroid dienone is 3. The van der Waals surface area contributed by atoms with Gasteiger partial charge < -0.3 is 14.2 Å². The van der Waals surface area contributed by atoms with Crippen LogP contribution >= 0.6 is 0 Å². The van der Waals surface area contributed by atoms with Gasteiger partial charge in [-0.25, -0.2) is 0 Å². The lowest BCUT2D eigenvalue weighted by Gasteiger charge is -2.29. The maximum atomic E-state index is 12.4. The number of rotatable bonds is 12. The Morgan fingerprint density at radius 3 is 2.69 bits per heavy atom. The first kappa shape index (κ1) is 25.2. The predicted molar refractivity (Wildman–Crippen MR) is 125 cm³/mol. The molecular weight excluding hydrogens is 404 g/mol. The van der Waals surface area contributed by atoms with Crippen LogP contribution in [0.3, 0.4) is 0 Å². The Labute approximate surface area is 193 Å². The second-order valence-corrected chi connectivity index (χ2v) is 9.76. The molecule has 2 saturated carbocycles. The monoisotopic (exact) mass is 446 g/mol. The number of hydrogen-bond acceptors (Lipinski definition) is 5. The van der Waals surface area contributed by atoms with E-state index in [9.17, 15) is 9.59 Å². The predicted octanol–water partition coefficient (Wildman–Crippen LogP) is 5.78. The van der Waals surface area contributed by atoms with Crippen LogP contribution in [-0.2, 0) is 23.8 Å². The van der Waals surface area contributed by atoms with Crippen LogP contribution in [0.15, 0.2) is 24.3 Å². The van der Waals surface area contributed by atoms with Crippen LogP contribution in [0.2, 0.25) is 0 Å². The zero-order chi connectivity index (χ0) is 22.8. The molecule has 5 heteroatoms. The number of carbonyl (C=O) groups excluding carboxylic acids is 2. The maximum Gasteiger partial charge on any atom is 0.305 e. The fourth-order valence-electron chi connectivity index (χ4n) is 5.70. The summed E-state index contributed by atoms with van der Waals surface area (Å²) in [6.07, 6.45) is 20.1. The summed E-state index contributed by atoms with van der Waals surface area (Å²) in [7, 11) is 1.43. The Morgan fingerprint density at radius 2 is 1.94 bits per heavy atom. The summed E-state index contributed by atoms with van der Waals surface area (Å²) in [5.41, 5.74) is 0. The topological polar surface area (TPSA) is 61.8 Å². The Kier molecular flexibility index (Phi) is 10.5. The van der Waals surface area contributed by atoms with Gasteiger partial charge in [-0.15, -0.1) is 0 Å². The Balaban J connectivity index is 1.58. The number of methoxy groups -OCH3 is 1. The maximum absolute atomic E-state index is 12.4. The molecule has 0 N–H and O–H groups in total. The van der Waals surface area contributed by atoms with Gasteiger partial charge in [-0.1, -0.05) is 38.0 Å². The molecule has 0 aromatic carbocycles. The van der Waals surface area contributed by atoms with Gasteiger partial charge in [0.05, 0.1) is 13.2 Å². The molecule has 0 bridgehead atoms. The first-order valence-corrected chi connectivity index (χ1v) is 12.8. The lowest BCUT2D eigenvalue weighted by Crippen LogP contribution is -2.31. The van der Waals surface area contributed by atoms with Gasteiger partial charge in [-0.3, -0.25) is 9.59 Å². The van der Waals surface area contributed by atoms with Gasteiger partial charge in [0.15, 0.2) is 12.1 Å². The minimum atomic E-state index is -0.156. The Morgan fingerprint density at radius 1 is 1.06 bits per heavy atom. The number of hydrogen-bond donors (Lipinski definition) is 0. The summed E-state index contributed by atoms with van der Waals surface area (Å²) in [6, 6.07) is 0. The smallest absolute Gasteiger partial charge is 0.305 e. The molecule has 1 aliphatic heterocycles. The fraction of sp³-hybridized carbons (Fsp3) is 0.778. The summed E-state index contributed by atoms with van der Waals surface area (Å²) in [5.74, 6) is 2.10. The van der Waals surface area contributed by atoms with E-state index in [1.807, 2.05) is 6.08 Å². The second-order valence-electron chi connectivity index (χ2n) is 9.76. The molecule has 5 nitrogen and oxygen atoms in total. The molecule has 32 heavy (non-hydrogen) atoms. The van der Waals surface area contributed by atoms with Crippen molar-refractivity contribution in [2.45, 2.75) is 96.4 Å². The summed E-state index contributed by atoms with van der Waals surface area (Å²) >= 11 is 0. The number of unbranched alkanes of at least 4 members (excludes halogenated alkanes) is 2. The first-order valence-electron chi connectivity index (χ1n) is 12.8.